The van der Waals surface area contributed by atoms with Crippen molar-refractivity contribution in [3.8, 4) is 0 Å². The summed E-state index contributed by atoms with van der Waals surface area (Å²) < 4.78 is 0. The number of hydrogen-bond donors (Lipinski definition) is 1. The lowest BCUT2D eigenvalue weighted by Crippen LogP contribution is -2.39. The number of hydrogen-bond acceptors (Lipinski definition) is 3. The van der Waals surface area contributed by atoms with Crippen molar-refractivity contribution in [3.05, 3.63) is 35.9 Å². The molecule has 1 amide bonds. The lowest BCUT2D eigenvalue weighted by Gasteiger charge is -2.30. The second-order valence-corrected chi connectivity index (χ2v) is 5.19. The molecule has 1 aliphatic rings. The van der Waals surface area contributed by atoms with E-state index in [2.05, 4.69) is 35.2 Å². The van der Waals surface area contributed by atoms with Gasteiger partial charge in [-0.15, -0.1) is 0 Å². The molecule has 1 heterocycles. The molecule has 0 spiro atoms. The van der Waals surface area contributed by atoms with E-state index in [0.29, 0.717) is 0 Å². The van der Waals surface area contributed by atoms with Crippen molar-refractivity contribution in [1.29, 1.82) is 0 Å². The molecule has 1 fully saturated rings. The van der Waals surface area contributed by atoms with E-state index >= 15 is 0 Å². The van der Waals surface area contributed by atoms with Crippen molar-refractivity contribution >= 4 is 6.09 Å². The maximum absolute atomic E-state index is 11.3. The lowest BCUT2D eigenvalue weighted by atomic mass is 9.91. The average molecular weight is 262 g/mol. The molecule has 0 saturated carbocycles. The zero-order valence-corrected chi connectivity index (χ0v) is 11.3. The molecule has 2 N–H and O–H groups in total. The van der Waals surface area contributed by atoms with E-state index in [9.17, 15) is 4.79 Å². The number of likely N-dealkylation sites (tertiary alicyclic amines) is 1. The lowest BCUT2D eigenvalue weighted by molar-refractivity contribution is 0.0870. The van der Waals surface area contributed by atoms with E-state index in [-0.39, 0.29) is 0 Å². The van der Waals surface area contributed by atoms with Crippen molar-refractivity contribution in [2.45, 2.75) is 32.1 Å². The number of piperidine rings is 1. The fourth-order valence-electron chi connectivity index (χ4n) is 2.72. The number of nitrogens with two attached hydrogens (primary N) is 1. The summed E-state index contributed by atoms with van der Waals surface area (Å²) in [6.07, 6.45) is 5.32. The molecule has 0 bridgehead atoms. The van der Waals surface area contributed by atoms with Gasteiger partial charge in [0.05, 0.1) is 0 Å². The molecule has 4 heteroatoms. The Morgan fingerprint density at radius 2 is 1.95 bits per heavy atom. The van der Waals surface area contributed by atoms with Crippen LogP contribution in [0.5, 0.6) is 0 Å². The first-order valence-corrected chi connectivity index (χ1v) is 6.99. The third-order valence-corrected chi connectivity index (χ3v) is 3.89. The smallest absolute Gasteiger partial charge is 0.357 e. The number of nitrogens with zero attached hydrogens (tertiary/aromatic N) is 1. The van der Waals surface area contributed by atoms with E-state index in [1.165, 1.54) is 18.4 Å². The van der Waals surface area contributed by atoms with Crippen molar-refractivity contribution in [2.75, 3.05) is 13.1 Å². The van der Waals surface area contributed by atoms with Gasteiger partial charge in [0.2, 0.25) is 0 Å². The standard InChI is InChI=1S/C15H22N2O2/c16-19-15(18)17-11-9-14(10-12-17)8-4-7-13-5-2-1-3-6-13/h1-3,5-6,14H,4,7-12,16H2. The molecule has 19 heavy (non-hydrogen) atoms. The van der Waals surface area contributed by atoms with Crippen LogP contribution in [0.2, 0.25) is 0 Å². The van der Waals surface area contributed by atoms with Crippen molar-refractivity contribution in [2.24, 2.45) is 11.8 Å². The van der Waals surface area contributed by atoms with Gasteiger partial charge in [0, 0.05) is 13.1 Å². The van der Waals surface area contributed by atoms with E-state index in [0.717, 1.165) is 38.3 Å². The number of carbonyl (C=O) groups is 1. The Bertz CT molecular complexity index is 386. The van der Waals surface area contributed by atoms with Crippen LogP contribution in [-0.2, 0) is 11.3 Å². The molecule has 1 aromatic carbocycles. The Hall–Kier alpha value is -1.55. The van der Waals surface area contributed by atoms with E-state index < -0.39 is 6.09 Å². The molecule has 1 aliphatic heterocycles. The van der Waals surface area contributed by atoms with Gasteiger partial charge in [-0.2, -0.15) is 5.90 Å². The van der Waals surface area contributed by atoms with Gasteiger partial charge in [0.25, 0.3) is 0 Å². The molecular formula is C15H22N2O2. The highest BCUT2D eigenvalue weighted by Crippen LogP contribution is 2.23. The summed E-state index contributed by atoms with van der Waals surface area (Å²) in [5.74, 6) is 5.62. The molecule has 0 atom stereocenters. The van der Waals surface area contributed by atoms with Crippen LogP contribution in [0.4, 0.5) is 4.79 Å². The molecule has 1 aromatic rings. The molecule has 2 rings (SSSR count). The predicted molar refractivity (Wildman–Crippen MR) is 74.3 cm³/mol. The van der Waals surface area contributed by atoms with Crippen LogP contribution in [-0.4, -0.2) is 24.1 Å². The van der Waals surface area contributed by atoms with Crippen LogP contribution in [0, 0.1) is 5.92 Å². The van der Waals surface area contributed by atoms with Gasteiger partial charge >= 0.3 is 6.09 Å². The fraction of sp³-hybridized carbons (Fsp3) is 0.533. The summed E-state index contributed by atoms with van der Waals surface area (Å²) in [4.78, 5) is 17.2. The number of rotatable bonds is 4. The van der Waals surface area contributed by atoms with Crippen LogP contribution < -0.4 is 5.90 Å². The fourth-order valence-corrected chi connectivity index (χ4v) is 2.72. The topological polar surface area (TPSA) is 55.6 Å². The van der Waals surface area contributed by atoms with E-state index in [4.69, 9.17) is 5.90 Å². The first kappa shape index (κ1) is 13.9. The van der Waals surface area contributed by atoms with Crippen LogP contribution in [0.1, 0.15) is 31.2 Å². The van der Waals surface area contributed by atoms with Crippen LogP contribution in [0.25, 0.3) is 0 Å². The Morgan fingerprint density at radius 3 is 2.58 bits per heavy atom. The number of amides is 1. The molecule has 4 nitrogen and oxygen atoms in total. The highest BCUT2D eigenvalue weighted by Gasteiger charge is 2.22. The van der Waals surface area contributed by atoms with Gasteiger partial charge in [0.15, 0.2) is 0 Å². The first-order chi connectivity index (χ1) is 9.29. The van der Waals surface area contributed by atoms with Gasteiger partial charge in [0.1, 0.15) is 0 Å². The molecule has 0 radical (unpaired) electrons. The van der Waals surface area contributed by atoms with Gasteiger partial charge in [-0.25, -0.2) is 4.79 Å². The SMILES string of the molecule is NOC(=O)N1CCC(CCCc2ccccc2)CC1. The summed E-state index contributed by atoms with van der Waals surface area (Å²) in [6.45, 7) is 1.54. The average Bonchev–Trinajstić information content (AvgIpc) is 2.48. The minimum Gasteiger partial charge on any atom is -0.357 e. The number of carbonyl (C=O) groups excluding carboxylic acids is 1. The third kappa shape index (κ3) is 4.24. The Labute approximate surface area is 114 Å². The van der Waals surface area contributed by atoms with Gasteiger partial charge in [-0.1, -0.05) is 30.3 Å². The summed E-state index contributed by atoms with van der Waals surface area (Å²) in [5.41, 5.74) is 1.41. The Balaban J connectivity index is 1.65. The molecule has 104 valence electrons. The highest BCUT2D eigenvalue weighted by atomic mass is 16.7. The normalized spacial score (nSPS) is 16.4. The summed E-state index contributed by atoms with van der Waals surface area (Å²) >= 11 is 0. The quantitative estimate of drug-likeness (QED) is 0.849. The minimum atomic E-state index is -0.400. The van der Waals surface area contributed by atoms with Crippen LogP contribution >= 0.6 is 0 Å². The first-order valence-electron chi connectivity index (χ1n) is 6.99. The molecule has 1 saturated heterocycles. The van der Waals surface area contributed by atoms with Crippen LogP contribution in [0.3, 0.4) is 0 Å². The van der Waals surface area contributed by atoms with Crippen molar-refractivity contribution in [1.82, 2.24) is 4.90 Å². The van der Waals surface area contributed by atoms with Gasteiger partial charge < -0.3 is 9.74 Å². The molecule has 0 aliphatic carbocycles. The zero-order chi connectivity index (χ0) is 13.5. The molecular weight excluding hydrogens is 240 g/mol. The zero-order valence-electron chi connectivity index (χ0n) is 11.3. The maximum atomic E-state index is 11.3. The monoisotopic (exact) mass is 262 g/mol. The minimum absolute atomic E-state index is 0.400. The Kier molecular flexibility index (Phi) is 5.21. The third-order valence-electron chi connectivity index (χ3n) is 3.89. The summed E-state index contributed by atoms with van der Waals surface area (Å²) in [6, 6.07) is 10.6. The van der Waals surface area contributed by atoms with Crippen molar-refractivity contribution < 1.29 is 9.63 Å². The second-order valence-electron chi connectivity index (χ2n) is 5.19. The summed E-state index contributed by atoms with van der Waals surface area (Å²) in [7, 11) is 0. The van der Waals surface area contributed by atoms with Crippen molar-refractivity contribution in [3.63, 3.8) is 0 Å². The predicted octanol–water partition coefficient (Wildman–Crippen LogP) is 2.73. The van der Waals surface area contributed by atoms with Crippen LogP contribution in [0.15, 0.2) is 30.3 Å². The summed E-state index contributed by atoms with van der Waals surface area (Å²) in [5, 5.41) is 0. The van der Waals surface area contributed by atoms with Gasteiger partial charge in [-0.3, -0.25) is 0 Å². The highest BCUT2D eigenvalue weighted by molar-refractivity contribution is 5.67. The van der Waals surface area contributed by atoms with Gasteiger partial charge in [-0.05, 0) is 43.6 Å². The number of benzene rings is 1. The number of aryl methyl sites for hydroxylation is 1. The van der Waals surface area contributed by atoms with E-state index in [1.807, 2.05) is 0 Å². The molecule has 0 aromatic heterocycles. The molecule has 0 unspecified atom stereocenters. The maximum Gasteiger partial charge on any atom is 0.428 e. The largest absolute Gasteiger partial charge is 0.428 e. The second kappa shape index (κ2) is 7.14. The Morgan fingerprint density at radius 1 is 1.26 bits per heavy atom. The van der Waals surface area contributed by atoms with E-state index in [1.54, 1.807) is 4.90 Å².